The van der Waals surface area contributed by atoms with Crippen molar-refractivity contribution in [1.82, 2.24) is 15.2 Å². The average Bonchev–Trinajstić information content (AvgIpc) is 3.02. The van der Waals surface area contributed by atoms with Crippen LogP contribution in [0.25, 0.3) is 11.5 Å². The van der Waals surface area contributed by atoms with Gasteiger partial charge in [0.25, 0.3) is 0 Å². The molecule has 0 aliphatic heterocycles. The average molecular weight is 284 g/mol. The van der Waals surface area contributed by atoms with Crippen LogP contribution in [0.3, 0.4) is 0 Å². The van der Waals surface area contributed by atoms with E-state index in [1.54, 1.807) is 6.20 Å². The van der Waals surface area contributed by atoms with Gasteiger partial charge < -0.3 is 9.73 Å². The molecule has 0 spiro atoms. The van der Waals surface area contributed by atoms with Crippen molar-refractivity contribution in [2.24, 2.45) is 0 Å². The van der Waals surface area contributed by atoms with Crippen molar-refractivity contribution in [3.05, 3.63) is 60.5 Å². The second-order valence-corrected chi connectivity index (χ2v) is 4.62. The van der Waals surface area contributed by atoms with E-state index in [0.717, 1.165) is 16.8 Å². The number of nitrogens with zero attached hydrogens (tertiary/aromatic N) is 3. The highest BCUT2D eigenvalue weighted by molar-refractivity contribution is 5.58. The van der Waals surface area contributed by atoms with Crippen molar-refractivity contribution in [3.63, 3.8) is 0 Å². The van der Waals surface area contributed by atoms with E-state index in [1.165, 1.54) is 18.7 Å². The van der Waals surface area contributed by atoms with Gasteiger partial charge in [0.2, 0.25) is 12.3 Å². The fourth-order valence-corrected chi connectivity index (χ4v) is 2.01. The van der Waals surface area contributed by atoms with Crippen LogP contribution in [0.4, 0.5) is 10.1 Å². The molecule has 0 saturated heterocycles. The molecule has 0 bridgehead atoms. The summed E-state index contributed by atoms with van der Waals surface area (Å²) < 4.78 is 18.3. The molecule has 0 saturated carbocycles. The van der Waals surface area contributed by atoms with Gasteiger partial charge in [-0.15, -0.1) is 10.2 Å². The molecule has 6 heteroatoms. The van der Waals surface area contributed by atoms with E-state index in [1.807, 2.05) is 31.2 Å². The number of benzene rings is 1. The molecular weight excluding hydrogens is 271 g/mol. The molecule has 2 aromatic heterocycles. The van der Waals surface area contributed by atoms with Crippen LogP contribution in [-0.2, 0) is 0 Å². The number of rotatable bonds is 4. The highest BCUT2D eigenvalue weighted by atomic mass is 19.1. The Hall–Kier alpha value is -2.76. The number of anilines is 1. The van der Waals surface area contributed by atoms with Gasteiger partial charge in [0.15, 0.2) is 0 Å². The summed E-state index contributed by atoms with van der Waals surface area (Å²) in [6.07, 6.45) is 4.13. The lowest BCUT2D eigenvalue weighted by atomic mass is 10.1. The van der Waals surface area contributed by atoms with Gasteiger partial charge in [-0.3, -0.25) is 4.98 Å². The molecule has 1 unspecified atom stereocenters. The van der Waals surface area contributed by atoms with Crippen molar-refractivity contribution in [3.8, 4) is 11.5 Å². The summed E-state index contributed by atoms with van der Waals surface area (Å²) in [4.78, 5) is 3.85. The topological polar surface area (TPSA) is 63.8 Å². The summed E-state index contributed by atoms with van der Waals surface area (Å²) in [5.41, 5.74) is 2.55. The Morgan fingerprint density at radius 1 is 1.19 bits per heavy atom. The minimum absolute atomic E-state index is 0.0533. The summed E-state index contributed by atoms with van der Waals surface area (Å²) in [7, 11) is 0. The molecule has 5 nitrogen and oxygen atoms in total. The maximum Gasteiger partial charge on any atom is 0.247 e. The van der Waals surface area contributed by atoms with Crippen molar-refractivity contribution in [2.75, 3.05) is 5.32 Å². The lowest BCUT2D eigenvalue weighted by Crippen LogP contribution is -2.07. The van der Waals surface area contributed by atoms with Crippen LogP contribution in [0.5, 0.6) is 0 Å². The molecule has 1 atom stereocenters. The largest absolute Gasteiger partial charge is 0.423 e. The fraction of sp³-hybridized carbons (Fsp3) is 0.133. The predicted octanol–water partition coefficient (Wildman–Crippen LogP) is 3.44. The second-order valence-electron chi connectivity index (χ2n) is 4.62. The van der Waals surface area contributed by atoms with Crippen molar-refractivity contribution >= 4 is 5.69 Å². The molecule has 3 aromatic rings. The zero-order valence-corrected chi connectivity index (χ0v) is 11.3. The summed E-state index contributed by atoms with van der Waals surface area (Å²) in [6.45, 7) is 1.95. The molecule has 21 heavy (non-hydrogen) atoms. The highest BCUT2D eigenvalue weighted by Crippen LogP contribution is 2.22. The van der Waals surface area contributed by atoms with Gasteiger partial charge in [-0.25, -0.2) is 4.39 Å². The Kier molecular flexibility index (Phi) is 3.59. The first-order valence-corrected chi connectivity index (χ1v) is 6.46. The summed E-state index contributed by atoms with van der Waals surface area (Å²) >= 11 is 0. The molecule has 0 radical (unpaired) electrons. The van der Waals surface area contributed by atoms with Gasteiger partial charge in [0.1, 0.15) is 5.82 Å². The van der Waals surface area contributed by atoms with Gasteiger partial charge in [-0.2, -0.15) is 0 Å². The number of halogens is 1. The van der Waals surface area contributed by atoms with E-state index in [9.17, 15) is 4.39 Å². The third-order valence-corrected chi connectivity index (χ3v) is 3.10. The molecule has 106 valence electrons. The Morgan fingerprint density at radius 3 is 2.67 bits per heavy atom. The minimum atomic E-state index is -0.340. The Balaban J connectivity index is 1.73. The molecule has 0 aliphatic rings. The Labute approximate surface area is 120 Å². The molecule has 0 amide bonds. The van der Waals surface area contributed by atoms with Gasteiger partial charge >= 0.3 is 0 Å². The van der Waals surface area contributed by atoms with Crippen molar-refractivity contribution in [1.29, 1.82) is 0 Å². The van der Waals surface area contributed by atoms with Crippen LogP contribution in [-0.4, -0.2) is 15.2 Å². The number of aromatic nitrogens is 3. The molecule has 0 fully saturated rings. The predicted molar refractivity (Wildman–Crippen MR) is 76.0 cm³/mol. The van der Waals surface area contributed by atoms with E-state index in [4.69, 9.17) is 4.42 Å². The van der Waals surface area contributed by atoms with E-state index < -0.39 is 0 Å². The smallest absolute Gasteiger partial charge is 0.247 e. The number of hydrogen-bond donors (Lipinski definition) is 1. The second kappa shape index (κ2) is 5.70. The minimum Gasteiger partial charge on any atom is -0.423 e. The normalized spacial score (nSPS) is 12.1. The molecule has 1 N–H and O–H groups in total. The van der Waals surface area contributed by atoms with E-state index in [0.29, 0.717) is 5.89 Å². The third-order valence-electron chi connectivity index (χ3n) is 3.10. The first kappa shape index (κ1) is 13.2. The van der Waals surface area contributed by atoms with Crippen LogP contribution in [0.2, 0.25) is 0 Å². The van der Waals surface area contributed by atoms with Crippen LogP contribution in [0.15, 0.2) is 53.5 Å². The number of pyridine rings is 1. The maximum atomic E-state index is 13.2. The zero-order chi connectivity index (χ0) is 14.7. The monoisotopic (exact) mass is 284 g/mol. The lowest BCUT2D eigenvalue weighted by Gasteiger charge is -2.15. The van der Waals surface area contributed by atoms with Gasteiger partial charge in [-0.1, -0.05) is 0 Å². The SMILES string of the molecule is CC(Nc1ccc(-c2nnco2)cc1)c1cncc(F)c1. The summed E-state index contributed by atoms with van der Waals surface area (Å²) in [6, 6.07) is 8.99. The number of hydrogen-bond acceptors (Lipinski definition) is 5. The third kappa shape index (κ3) is 3.05. The molecule has 0 aliphatic carbocycles. The van der Waals surface area contributed by atoms with Crippen LogP contribution in [0, 0.1) is 5.82 Å². The molecule has 1 aromatic carbocycles. The summed E-state index contributed by atoms with van der Waals surface area (Å²) in [5.74, 6) is 0.136. The lowest BCUT2D eigenvalue weighted by molar-refractivity contribution is 0.568. The zero-order valence-electron chi connectivity index (χ0n) is 11.3. The molecule has 3 rings (SSSR count). The van der Waals surface area contributed by atoms with E-state index in [2.05, 4.69) is 20.5 Å². The van der Waals surface area contributed by atoms with Crippen LogP contribution >= 0.6 is 0 Å². The van der Waals surface area contributed by atoms with E-state index >= 15 is 0 Å². The van der Waals surface area contributed by atoms with Crippen molar-refractivity contribution < 1.29 is 8.81 Å². The van der Waals surface area contributed by atoms with Crippen LogP contribution in [0.1, 0.15) is 18.5 Å². The Bertz CT molecular complexity index is 713. The molecular formula is C15H13FN4O. The first-order valence-electron chi connectivity index (χ1n) is 6.46. The standard InChI is InChI=1S/C15H13FN4O/c1-10(12-6-13(16)8-17-7-12)19-14-4-2-11(3-5-14)15-20-18-9-21-15/h2-10,19H,1H3. The first-order chi connectivity index (χ1) is 10.2. The van der Waals surface area contributed by atoms with Gasteiger partial charge in [0, 0.05) is 17.4 Å². The van der Waals surface area contributed by atoms with Gasteiger partial charge in [-0.05, 0) is 42.8 Å². The quantitative estimate of drug-likeness (QED) is 0.795. The molecule has 2 heterocycles. The van der Waals surface area contributed by atoms with Crippen molar-refractivity contribution in [2.45, 2.75) is 13.0 Å². The highest BCUT2D eigenvalue weighted by Gasteiger charge is 2.08. The Morgan fingerprint density at radius 2 is 2.00 bits per heavy atom. The van der Waals surface area contributed by atoms with Gasteiger partial charge in [0.05, 0.1) is 12.2 Å². The van der Waals surface area contributed by atoms with Crippen LogP contribution < -0.4 is 5.32 Å². The van der Waals surface area contributed by atoms with E-state index in [-0.39, 0.29) is 11.9 Å². The summed E-state index contributed by atoms with van der Waals surface area (Å²) in [5, 5.41) is 10.8. The maximum absolute atomic E-state index is 13.2. The fourth-order valence-electron chi connectivity index (χ4n) is 2.01. The number of nitrogens with one attached hydrogen (secondary N) is 1.